The number of anilines is 1. The second kappa shape index (κ2) is 9.27. The van der Waals surface area contributed by atoms with Crippen molar-refractivity contribution in [2.24, 2.45) is 0 Å². The van der Waals surface area contributed by atoms with Gasteiger partial charge >= 0.3 is 5.97 Å². The second-order valence-electron chi connectivity index (χ2n) is 5.24. The van der Waals surface area contributed by atoms with Crippen LogP contribution in [0.4, 0.5) is 11.4 Å². The number of non-ortho nitro benzene ring substituents is 1. The largest absolute Gasteiger partial charge is 0.478 e. The van der Waals surface area contributed by atoms with Crippen LogP contribution in [-0.2, 0) is 4.79 Å². The van der Waals surface area contributed by atoms with Crippen LogP contribution in [0.15, 0.2) is 42.5 Å². The molecule has 2 aromatic carbocycles. The van der Waals surface area contributed by atoms with Gasteiger partial charge in [-0.25, -0.2) is 4.79 Å². The standard InChI is InChI=1S/C17H11Cl2N3O5S/c18-10-7-12(16(24)25)15(13(19)8-10)21-17(28)20-14(23)5-4-9-2-1-3-11(6-9)22(26)27/h1-8H,(H,24,25)(H2,20,21,23,28)/b5-4+. The molecular formula is C17H11Cl2N3O5S. The maximum absolute atomic E-state index is 12.0. The molecule has 0 spiro atoms. The first-order valence-corrected chi connectivity index (χ1v) is 8.60. The van der Waals surface area contributed by atoms with Crippen molar-refractivity contribution < 1.29 is 19.6 Å². The number of carbonyl (C=O) groups excluding carboxylic acids is 1. The fraction of sp³-hybridized carbons (Fsp3) is 0. The molecule has 0 aliphatic carbocycles. The lowest BCUT2D eigenvalue weighted by Crippen LogP contribution is -2.33. The topological polar surface area (TPSA) is 122 Å². The average Bonchev–Trinajstić information content (AvgIpc) is 2.62. The molecule has 0 aliphatic rings. The van der Waals surface area contributed by atoms with Gasteiger partial charge in [-0.3, -0.25) is 20.2 Å². The molecule has 3 N–H and O–H groups in total. The molecule has 0 unspecified atom stereocenters. The molecule has 0 saturated heterocycles. The van der Waals surface area contributed by atoms with Crippen LogP contribution in [0, 0.1) is 10.1 Å². The highest BCUT2D eigenvalue weighted by Gasteiger charge is 2.16. The van der Waals surface area contributed by atoms with E-state index in [2.05, 4.69) is 10.6 Å². The summed E-state index contributed by atoms with van der Waals surface area (Å²) in [5.74, 6) is -1.92. The summed E-state index contributed by atoms with van der Waals surface area (Å²) in [6.45, 7) is 0. The Bertz CT molecular complexity index is 1010. The van der Waals surface area contributed by atoms with Gasteiger partial charge in [0.1, 0.15) is 0 Å². The molecule has 2 aromatic rings. The van der Waals surface area contributed by atoms with E-state index in [9.17, 15) is 24.8 Å². The summed E-state index contributed by atoms with van der Waals surface area (Å²) in [5, 5.41) is 24.8. The third-order valence-electron chi connectivity index (χ3n) is 3.27. The Morgan fingerprint density at radius 3 is 2.57 bits per heavy atom. The fourth-order valence-electron chi connectivity index (χ4n) is 2.08. The molecule has 28 heavy (non-hydrogen) atoms. The number of hydrogen-bond acceptors (Lipinski definition) is 5. The van der Waals surface area contributed by atoms with Crippen molar-refractivity contribution in [3.8, 4) is 0 Å². The number of carboxylic acids is 1. The maximum Gasteiger partial charge on any atom is 0.337 e. The number of halogens is 2. The quantitative estimate of drug-likeness (QED) is 0.277. The van der Waals surface area contributed by atoms with Crippen LogP contribution in [-0.4, -0.2) is 27.0 Å². The van der Waals surface area contributed by atoms with Crippen LogP contribution in [0.25, 0.3) is 6.08 Å². The number of benzene rings is 2. The van der Waals surface area contributed by atoms with Crippen LogP contribution in [0.3, 0.4) is 0 Å². The molecule has 0 atom stereocenters. The number of hydrogen-bond donors (Lipinski definition) is 3. The van der Waals surface area contributed by atoms with Gasteiger partial charge in [0.2, 0.25) is 5.91 Å². The lowest BCUT2D eigenvalue weighted by Gasteiger charge is -2.13. The first-order valence-electron chi connectivity index (χ1n) is 7.44. The summed E-state index contributed by atoms with van der Waals surface area (Å²) >= 11 is 16.8. The lowest BCUT2D eigenvalue weighted by molar-refractivity contribution is -0.384. The van der Waals surface area contributed by atoms with E-state index >= 15 is 0 Å². The lowest BCUT2D eigenvalue weighted by atomic mass is 10.2. The highest BCUT2D eigenvalue weighted by molar-refractivity contribution is 7.80. The Morgan fingerprint density at radius 1 is 1.21 bits per heavy atom. The van der Waals surface area contributed by atoms with Crippen LogP contribution in [0.5, 0.6) is 0 Å². The van der Waals surface area contributed by atoms with Crippen LogP contribution < -0.4 is 10.6 Å². The number of carbonyl (C=O) groups is 2. The smallest absolute Gasteiger partial charge is 0.337 e. The fourth-order valence-corrected chi connectivity index (χ4v) is 2.82. The van der Waals surface area contributed by atoms with Crippen molar-refractivity contribution >= 4 is 69.9 Å². The molecular weight excluding hydrogens is 429 g/mol. The maximum atomic E-state index is 12.0. The summed E-state index contributed by atoms with van der Waals surface area (Å²) in [7, 11) is 0. The molecule has 144 valence electrons. The highest BCUT2D eigenvalue weighted by Crippen LogP contribution is 2.30. The van der Waals surface area contributed by atoms with E-state index < -0.39 is 16.8 Å². The molecule has 8 nitrogen and oxygen atoms in total. The van der Waals surface area contributed by atoms with Gasteiger partial charge in [-0.15, -0.1) is 0 Å². The minimum absolute atomic E-state index is 0.00800. The molecule has 0 heterocycles. The predicted molar refractivity (Wildman–Crippen MR) is 110 cm³/mol. The van der Waals surface area contributed by atoms with Crippen molar-refractivity contribution in [3.63, 3.8) is 0 Å². The number of rotatable bonds is 5. The summed E-state index contributed by atoms with van der Waals surface area (Å²) in [6.07, 6.45) is 2.48. The number of nitro benzene ring substituents is 1. The van der Waals surface area contributed by atoms with Crippen molar-refractivity contribution in [2.75, 3.05) is 5.32 Å². The summed E-state index contributed by atoms with van der Waals surface area (Å²) in [6, 6.07) is 8.20. The van der Waals surface area contributed by atoms with Crippen LogP contribution >= 0.6 is 35.4 Å². The van der Waals surface area contributed by atoms with Gasteiger partial charge in [0, 0.05) is 23.2 Å². The van der Waals surface area contributed by atoms with Crippen LogP contribution in [0.2, 0.25) is 10.0 Å². The molecule has 11 heteroatoms. The SMILES string of the molecule is O=C(/C=C/c1cccc([N+](=O)[O-])c1)NC(=S)Nc1c(Cl)cc(Cl)cc1C(=O)O. The van der Waals surface area contributed by atoms with E-state index in [-0.39, 0.29) is 32.1 Å². The molecule has 1 amide bonds. The third-order valence-corrected chi connectivity index (χ3v) is 3.99. The van der Waals surface area contributed by atoms with Gasteiger partial charge in [-0.05, 0) is 36.0 Å². The first-order chi connectivity index (χ1) is 13.2. The second-order valence-corrected chi connectivity index (χ2v) is 6.50. The number of carboxylic acid groups (broad SMARTS) is 1. The average molecular weight is 440 g/mol. The Balaban J connectivity index is 2.08. The summed E-state index contributed by atoms with van der Waals surface area (Å²) in [4.78, 5) is 33.5. The predicted octanol–water partition coefficient (Wildman–Crippen LogP) is 4.13. The molecule has 0 saturated carbocycles. The Labute approximate surface area is 173 Å². The zero-order valence-electron chi connectivity index (χ0n) is 13.8. The third kappa shape index (κ3) is 5.74. The normalized spacial score (nSPS) is 10.5. The Kier molecular flexibility index (Phi) is 7.05. The minimum atomic E-state index is -1.29. The van der Waals surface area contributed by atoms with Gasteiger partial charge in [-0.2, -0.15) is 0 Å². The van der Waals surface area contributed by atoms with E-state index in [4.69, 9.17) is 35.4 Å². The Morgan fingerprint density at radius 2 is 1.93 bits per heavy atom. The Hall–Kier alpha value is -3.01. The van der Waals surface area contributed by atoms with Crippen molar-refractivity contribution in [1.29, 1.82) is 0 Å². The van der Waals surface area contributed by atoms with E-state index in [1.165, 1.54) is 36.4 Å². The zero-order chi connectivity index (χ0) is 20.8. The number of nitro groups is 1. The molecule has 0 fully saturated rings. The zero-order valence-corrected chi connectivity index (χ0v) is 16.1. The number of nitrogens with one attached hydrogen (secondary N) is 2. The number of amides is 1. The highest BCUT2D eigenvalue weighted by atomic mass is 35.5. The first kappa shape index (κ1) is 21.3. The molecule has 0 radical (unpaired) electrons. The van der Waals surface area contributed by atoms with Crippen molar-refractivity contribution in [1.82, 2.24) is 5.32 Å². The molecule has 0 bridgehead atoms. The van der Waals surface area contributed by atoms with Crippen molar-refractivity contribution in [2.45, 2.75) is 0 Å². The van der Waals surface area contributed by atoms with Gasteiger partial charge in [0.15, 0.2) is 5.11 Å². The van der Waals surface area contributed by atoms with Gasteiger partial charge in [0.05, 0.1) is 21.2 Å². The van der Waals surface area contributed by atoms with Crippen molar-refractivity contribution in [3.05, 3.63) is 73.8 Å². The van der Waals surface area contributed by atoms with E-state index in [0.29, 0.717) is 5.56 Å². The van der Waals surface area contributed by atoms with E-state index in [1.54, 1.807) is 6.07 Å². The van der Waals surface area contributed by atoms with Gasteiger partial charge in [-0.1, -0.05) is 35.3 Å². The number of nitrogens with zero attached hydrogens (tertiary/aromatic N) is 1. The number of thiocarbonyl (C=S) groups is 1. The monoisotopic (exact) mass is 439 g/mol. The van der Waals surface area contributed by atoms with Gasteiger partial charge in [0.25, 0.3) is 5.69 Å². The molecule has 0 aromatic heterocycles. The number of aromatic carboxylic acids is 1. The van der Waals surface area contributed by atoms with E-state index in [1.807, 2.05) is 0 Å². The van der Waals surface area contributed by atoms with Crippen LogP contribution in [0.1, 0.15) is 15.9 Å². The van der Waals surface area contributed by atoms with Gasteiger partial charge < -0.3 is 10.4 Å². The van der Waals surface area contributed by atoms with E-state index in [0.717, 1.165) is 6.08 Å². The summed E-state index contributed by atoms with van der Waals surface area (Å²) < 4.78 is 0. The summed E-state index contributed by atoms with van der Waals surface area (Å²) in [5.41, 5.74) is 0.0863. The molecule has 2 rings (SSSR count). The minimum Gasteiger partial charge on any atom is -0.478 e. The molecule has 0 aliphatic heterocycles.